The Morgan fingerprint density at radius 3 is 2.50 bits per heavy atom. The highest BCUT2D eigenvalue weighted by Crippen LogP contribution is 2.26. The number of amides is 2. The molecule has 2 aliphatic rings. The number of nitrogens with zero attached hydrogens (tertiary/aromatic N) is 1. The van der Waals surface area contributed by atoms with E-state index >= 15 is 0 Å². The van der Waals surface area contributed by atoms with E-state index in [1.165, 1.54) is 0 Å². The van der Waals surface area contributed by atoms with Crippen LogP contribution in [0, 0.1) is 0 Å². The van der Waals surface area contributed by atoms with E-state index in [1.54, 1.807) is 24.3 Å². The third-order valence-corrected chi connectivity index (χ3v) is 6.28. The molecule has 0 spiro atoms. The molecule has 0 bridgehead atoms. The number of halogens is 2. The Balaban J connectivity index is 1.27. The Labute approximate surface area is 185 Å². The molecule has 2 unspecified atom stereocenters. The molecule has 2 aromatic rings. The first-order valence-electron chi connectivity index (χ1n) is 10.1. The number of likely N-dealkylation sites (tertiary alicyclic amines) is 1. The highest BCUT2D eigenvalue weighted by molar-refractivity contribution is 6.33. The minimum atomic E-state index is -0.275. The second-order valence-corrected chi connectivity index (χ2v) is 8.58. The monoisotopic (exact) mass is 446 g/mol. The molecule has 3 N–H and O–H groups in total. The van der Waals surface area contributed by atoms with E-state index in [4.69, 9.17) is 23.2 Å². The van der Waals surface area contributed by atoms with Gasteiger partial charge in [-0.25, -0.2) is 10.9 Å². The molecule has 2 fully saturated rings. The van der Waals surface area contributed by atoms with Crippen LogP contribution in [0.1, 0.15) is 41.2 Å². The van der Waals surface area contributed by atoms with Gasteiger partial charge in [0, 0.05) is 30.2 Å². The first kappa shape index (κ1) is 21.1. The van der Waals surface area contributed by atoms with Gasteiger partial charge in [0.1, 0.15) is 6.04 Å². The van der Waals surface area contributed by atoms with Crippen molar-refractivity contribution in [2.24, 2.45) is 0 Å². The van der Waals surface area contributed by atoms with Gasteiger partial charge in [0.05, 0.1) is 10.6 Å². The van der Waals surface area contributed by atoms with Gasteiger partial charge >= 0.3 is 0 Å². The van der Waals surface area contributed by atoms with Gasteiger partial charge in [-0.1, -0.05) is 47.5 Å². The fourth-order valence-corrected chi connectivity index (χ4v) is 4.45. The first-order chi connectivity index (χ1) is 14.5. The van der Waals surface area contributed by atoms with Crippen molar-refractivity contribution in [1.29, 1.82) is 0 Å². The van der Waals surface area contributed by atoms with Crippen molar-refractivity contribution in [3.05, 3.63) is 69.7 Å². The summed E-state index contributed by atoms with van der Waals surface area (Å²) in [6.45, 7) is 1.23. The average Bonchev–Trinajstić information content (AvgIpc) is 3.24. The summed E-state index contributed by atoms with van der Waals surface area (Å²) in [6, 6.07) is 14.5. The number of benzene rings is 2. The van der Waals surface area contributed by atoms with Crippen molar-refractivity contribution in [3.63, 3.8) is 0 Å². The Morgan fingerprint density at radius 2 is 1.77 bits per heavy atom. The quantitative estimate of drug-likeness (QED) is 0.673. The van der Waals surface area contributed by atoms with E-state index in [9.17, 15) is 9.59 Å². The number of piperidine rings is 1. The number of hydrogen-bond acceptors (Lipinski definition) is 4. The van der Waals surface area contributed by atoms with Gasteiger partial charge < -0.3 is 10.2 Å². The van der Waals surface area contributed by atoms with Crippen LogP contribution >= 0.6 is 23.2 Å². The fraction of sp³-hybridized carbons (Fsp3) is 0.364. The van der Waals surface area contributed by atoms with E-state index in [-0.39, 0.29) is 29.9 Å². The lowest BCUT2D eigenvalue weighted by atomic mass is 9.99. The topological polar surface area (TPSA) is 73.5 Å². The van der Waals surface area contributed by atoms with Crippen LogP contribution in [0.3, 0.4) is 0 Å². The maximum atomic E-state index is 12.9. The number of hydrazine groups is 1. The molecule has 8 heteroatoms. The molecule has 158 valence electrons. The van der Waals surface area contributed by atoms with Crippen molar-refractivity contribution in [1.82, 2.24) is 21.1 Å². The molecule has 2 aromatic carbocycles. The van der Waals surface area contributed by atoms with Gasteiger partial charge in [-0.2, -0.15) is 0 Å². The third-order valence-electron chi connectivity index (χ3n) is 5.71. The van der Waals surface area contributed by atoms with Crippen molar-refractivity contribution in [2.45, 2.75) is 37.4 Å². The summed E-state index contributed by atoms with van der Waals surface area (Å²) in [5, 5.41) is 4.16. The second-order valence-electron chi connectivity index (χ2n) is 7.74. The van der Waals surface area contributed by atoms with E-state index in [0.717, 1.165) is 18.4 Å². The summed E-state index contributed by atoms with van der Waals surface area (Å²) in [4.78, 5) is 27.3. The van der Waals surface area contributed by atoms with Gasteiger partial charge in [0.2, 0.25) is 5.91 Å². The van der Waals surface area contributed by atoms with Crippen molar-refractivity contribution in [3.8, 4) is 0 Å². The van der Waals surface area contributed by atoms with Gasteiger partial charge in [0.15, 0.2) is 0 Å². The van der Waals surface area contributed by atoms with E-state index < -0.39 is 0 Å². The van der Waals surface area contributed by atoms with Gasteiger partial charge in [0.25, 0.3) is 5.91 Å². The van der Waals surface area contributed by atoms with Crippen LogP contribution in [-0.4, -0.2) is 41.9 Å². The summed E-state index contributed by atoms with van der Waals surface area (Å²) in [6.07, 6.45) is 2.11. The number of carbonyl (C=O) groups is 2. The second kappa shape index (κ2) is 9.35. The third kappa shape index (κ3) is 4.78. The Hall–Kier alpha value is -2.12. The number of rotatable bonds is 4. The highest BCUT2D eigenvalue weighted by atomic mass is 35.5. The zero-order valence-corrected chi connectivity index (χ0v) is 17.9. The summed E-state index contributed by atoms with van der Waals surface area (Å²) < 4.78 is 0. The van der Waals surface area contributed by atoms with Crippen molar-refractivity contribution >= 4 is 35.0 Å². The van der Waals surface area contributed by atoms with Gasteiger partial charge in [-0.15, -0.1) is 0 Å². The molecular weight excluding hydrogens is 423 g/mol. The minimum Gasteiger partial charge on any atom is -0.349 e. The predicted octanol–water partition coefficient (Wildman–Crippen LogP) is 3.32. The lowest BCUT2D eigenvalue weighted by molar-refractivity contribution is -0.134. The van der Waals surface area contributed by atoms with Crippen LogP contribution in [-0.2, 0) is 4.79 Å². The van der Waals surface area contributed by atoms with Gasteiger partial charge in [-0.05, 0) is 49.1 Å². The largest absolute Gasteiger partial charge is 0.349 e. The zero-order chi connectivity index (χ0) is 21.1. The summed E-state index contributed by atoms with van der Waals surface area (Å²) in [5.41, 5.74) is 7.87. The summed E-state index contributed by atoms with van der Waals surface area (Å²) in [7, 11) is 0. The normalized spacial score (nSPS) is 22.1. The molecule has 4 rings (SSSR count). The van der Waals surface area contributed by atoms with E-state index in [2.05, 4.69) is 16.2 Å². The molecule has 2 saturated heterocycles. The SMILES string of the molecule is O=C(NC1CCN(C(=O)C2CC(c3cccc(Cl)c3)NN2)CC1)c1ccccc1Cl. The smallest absolute Gasteiger partial charge is 0.253 e. The predicted molar refractivity (Wildman–Crippen MR) is 117 cm³/mol. The van der Waals surface area contributed by atoms with Crippen molar-refractivity contribution < 1.29 is 9.59 Å². The molecule has 2 atom stereocenters. The molecule has 2 aliphatic heterocycles. The van der Waals surface area contributed by atoms with Gasteiger partial charge in [-0.3, -0.25) is 9.59 Å². The van der Waals surface area contributed by atoms with Crippen LogP contribution in [0.25, 0.3) is 0 Å². The van der Waals surface area contributed by atoms with E-state index in [1.807, 2.05) is 29.2 Å². The molecule has 0 aromatic heterocycles. The van der Waals surface area contributed by atoms with Crippen molar-refractivity contribution in [2.75, 3.05) is 13.1 Å². The summed E-state index contributed by atoms with van der Waals surface area (Å²) in [5.74, 6) is -0.0840. The standard InChI is InChI=1S/C22H24Cl2N4O2/c23-15-5-3-4-14(12-15)19-13-20(27-26-19)22(30)28-10-8-16(9-11-28)25-21(29)17-6-1-2-7-18(17)24/h1-7,12,16,19-20,26-27H,8-11,13H2,(H,25,29). The number of carbonyl (C=O) groups excluding carboxylic acids is 2. The summed E-state index contributed by atoms with van der Waals surface area (Å²) >= 11 is 12.2. The highest BCUT2D eigenvalue weighted by Gasteiger charge is 2.34. The molecule has 0 radical (unpaired) electrons. The Bertz CT molecular complexity index is 931. The lowest BCUT2D eigenvalue weighted by Crippen LogP contribution is -2.51. The zero-order valence-electron chi connectivity index (χ0n) is 16.4. The van der Waals surface area contributed by atoms with Crippen LogP contribution in [0.15, 0.2) is 48.5 Å². The first-order valence-corrected chi connectivity index (χ1v) is 10.9. The average molecular weight is 447 g/mol. The molecule has 2 heterocycles. The molecular formula is C22H24Cl2N4O2. The Kier molecular flexibility index (Phi) is 6.58. The van der Waals surface area contributed by atoms with Crippen LogP contribution in [0.2, 0.25) is 10.0 Å². The maximum Gasteiger partial charge on any atom is 0.253 e. The molecule has 0 aliphatic carbocycles. The number of hydrogen-bond donors (Lipinski definition) is 3. The minimum absolute atomic E-state index is 0.0340. The Morgan fingerprint density at radius 1 is 1.00 bits per heavy atom. The fourth-order valence-electron chi connectivity index (χ4n) is 4.03. The van der Waals surface area contributed by atoms with Crippen LogP contribution in [0.4, 0.5) is 0 Å². The molecule has 0 saturated carbocycles. The number of nitrogens with one attached hydrogen (secondary N) is 3. The van der Waals surface area contributed by atoms with Crippen LogP contribution in [0.5, 0.6) is 0 Å². The lowest BCUT2D eigenvalue weighted by Gasteiger charge is -2.33. The maximum absolute atomic E-state index is 12.9. The molecule has 6 nitrogen and oxygen atoms in total. The molecule has 2 amide bonds. The van der Waals surface area contributed by atoms with E-state index in [0.29, 0.717) is 35.1 Å². The van der Waals surface area contributed by atoms with Crippen LogP contribution < -0.4 is 16.2 Å². The molecule has 30 heavy (non-hydrogen) atoms.